The Bertz CT molecular complexity index is 373. The molecule has 1 aliphatic rings. The fraction of sp³-hybridized carbons (Fsp3) is 0.222. The summed E-state index contributed by atoms with van der Waals surface area (Å²) >= 11 is 0. The van der Waals surface area contributed by atoms with Crippen LogP contribution in [0.4, 0.5) is 5.69 Å². The fourth-order valence-electron chi connectivity index (χ4n) is 1.33. The molecule has 0 bridgehead atoms. The van der Waals surface area contributed by atoms with E-state index in [4.69, 9.17) is 4.74 Å². The highest BCUT2D eigenvalue weighted by Gasteiger charge is 2.16. The number of carbonyl (C=O) groups is 1. The van der Waals surface area contributed by atoms with Gasteiger partial charge in [0.1, 0.15) is 11.4 Å². The van der Waals surface area contributed by atoms with Crippen molar-refractivity contribution in [2.75, 3.05) is 0 Å². The average molecular weight is 177 g/mol. The van der Waals surface area contributed by atoms with Gasteiger partial charge in [0.2, 0.25) is 0 Å². The molecule has 0 N–H and O–H groups in total. The summed E-state index contributed by atoms with van der Waals surface area (Å²) in [5.41, 5.74) is 1.24. The zero-order valence-corrected chi connectivity index (χ0v) is 6.82. The maximum Gasteiger partial charge on any atom is 0.311 e. The van der Waals surface area contributed by atoms with Crippen molar-refractivity contribution in [3.8, 4) is 5.75 Å². The van der Waals surface area contributed by atoms with Crippen LogP contribution in [0.2, 0.25) is 0 Å². The van der Waals surface area contributed by atoms with Gasteiger partial charge in [0, 0.05) is 0 Å². The minimum atomic E-state index is -0.223. The van der Waals surface area contributed by atoms with Crippen molar-refractivity contribution in [1.82, 2.24) is 0 Å². The number of rotatable bonds is 1. The van der Waals surface area contributed by atoms with Crippen LogP contribution >= 0.6 is 0 Å². The van der Waals surface area contributed by atoms with Gasteiger partial charge in [0.25, 0.3) is 0 Å². The van der Waals surface area contributed by atoms with Crippen molar-refractivity contribution >= 4 is 11.7 Å². The molecule has 0 aliphatic carbocycles. The summed E-state index contributed by atoms with van der Waals surface area (Å²) in [6, 6.07) is 4.78. The summed E-state index contributed by atoms with van der Waals surface area (Å²) in [7, 11) is 0. The second-order valence-electron chi connectivity index (χ2n) is 2.86. The number of esters is 1. The first kappa shape index (κ1) is 7.91. The van der Waals surface area contributed by atoms with Crippen LogP contribution in [0.15, 0.2) is 23.4 Å². The minimum Gasteiger partial charge on any atom is -0.426 e. The molecular formula is C9H7NO3. The molecule has 1 heterocycles. The van der Waals surface area contributed by atoms with Gasteiger partial charge in [-0.3, -0.25) is 4.79 Å². The standard InChI is InChI=1S/C9H7NO3/c11-9-4-1-6-5-7(10-12)2-3-8(6)13-9/h2-3,5H,1,4H2. The van der Waals surface area contributed by atoms with Crippen LogP contribution in [0, 0.1) is 4.91 Å². The summed E-state index contributed by atoms with van der Waals surface area (Å²) in [5.74, 6) is 0.322. The number of aryl methyl sites for hydroxylation is 1. The average Bonchev–Trinajstić information content (AvgIpc) is 2.17. The molecule has 1 aliphatic heterocycles. The van der Waals surface area contributed by atoms with E-state index in [1.807, 2.05) is 0 Å². The lowest BCUT2D eigenvalue weighted by molar-refractivity contribution is -0.135. The highest BCUT2D eigenvalue weighted by molar-refractivity contribution is 5.75. The molecule has 66 valence electrons. The summed E-state index contributed by atoms with van der Waals surface area (Å²) in [4.78, 5) is 21.1. The van der Waals surface area contributed by atoms with E-state index < -0.39 is 0 Å². The van der Waals surface area contributed by atoms with Crippen molar-refractivity contribution in [3.63, 3.8) is 0 Å². The summed E-state index contributed by atoms with van der Waals surface area (Å²) < 4.78 is 4.95. The number of hydrogen-bond donors (Lipinski definition) is 0. The third kappa shape index (κ3) is 1.42. The zero-order valence-electron chi connectivity index (χ0n) is 6.82. The minimum absolute atomic E-state index is 0.223. The largest absolute Gasteiger partial charge is 0.426 e. The van der Waals surface area contributed by atoms with Gasteiger partial charge in [-0.15, -0.1) is 4.91 Å². The maximum atomic E-state index is 10.9. The van der Waals surface area contributed by atoms with Crippen LogP contribution < -0.4 is 4.74 Å². The molecule has 0 aromatic heterocycles. The summed E-state index contributed by atoms with van der Waals surface area (Å²) in [5, 5.41) is 2.81. The number of ether oxygens (including phenoxy) is 1. The lowest BCUT2D eigenvalue weighted by atomic mass is 10.1. The molecule has 4 nitrogen and oxygen atoms in total. The summed E-state index contributed by atoms with van der Waals surface area (Å²) in [6.07, 6.45) is 0.993. The van der Waals surface area contributed by atoms with E-state index in [1.165, 1.54) is 6.07 Å². The van der Waals surface area contributed by atoms with E-state index >= 15 is 0 Å². The number of nitrogens with zero attached hydrogens (tertiary/aromatic N) is 1. The van der Waals surface area contributed by atoms with Crippen molar-refractivity contribution in [2.45, 2.75) is 12.8 Å². The molecule has 1 aromatic rings. The first-order valence-corrected chi connectivity index (χ1v) is 3.96. The molecule has 0 atom stereocenters. The van der Waals surface area contributed by atoms with Crippen LogP contribution in [0.25, 0.3) is 0 Å². The molecule has 1 aromatic carbocycles. The highest BCUT2D eigenvalue weighted by atomic mass is 16.5. The first-order valence-electron chi connectivity index (χ1n) is 3.96. The van der Waals surface area contributed by atoms with Gasteiger partial charge in [-0.05, 0) is 35.4 Å². The normalized spacial score (nSPS) is 14.6. The first-order chi connectivity index (χ1) is 6.29. The van der Waals surface area contributed by atoms with E-state index in [0.717, 1.165) is 5.56 Å². The van der Waals surface area contributed by atoms with Gasteiger partial charge in [-0.25, -0.2) is 0 Å². The highest BCUT2D eigenvalue weighted by Crippen LogP contribution is 2.28. The smallest absolute Gasteiger partial charge is 0.311 e. The number of fused-ring (bicyclic) bond motifs is 1. The van der Waals surface area contributed by atoms with Crippen LogP contribution in [0.5, 0.6) is 5.75 Å². The Kier molecular flexibility index (Phi) is 1.81. The third-order valence-corrected chi connectivity index (χ3v) is 1.97. The van der Waals surface area contributed by atoms with Gasteiger partial charge in [0.05, 0.1) is 6.42 Å². The Morgan fingerprint density at radius 2 is 2.15 bits per heavy atom. The van der Waals surface area contributed by atoms with Gasteiger partial charge in [0.15, 0.2) is 0 Å². The van der Waals surface area contributed by atoms with Gasteiger partial charge in [-0.1, -0.05) is 0 Å². The molecule has 4 heteroatoms. The molecular weight excluding hydrogens is 170 g/mol. The van der Waals surface area contributed by atoms with Crippen LogP contribution in [-0.4, -0.2) is 5.97 Å². The molecule has 0 spiro atoms. The van der Waals surface area contributed by atoms with E-state index in [2.05, 4.69) is 5.18 Å². The zero-order chi connectivity index (χ0) is 9.26. The Hall–Kier alpha value is -1.71. The lowest BCUT2D eigenvalue weighted by Crippen LogP contribution is -2.15. The molecule has 0 saturated heterocycles. The molecule has 2 rings (SSSR count). The van der Waals surface area contributed by atoms with Crippen LogP contribution in [0.1, 0.15) is 12.0 Å². The topological polar surface area (TPSA) is 55.7 Å². The van der Waals surface area contributed by atoms with E-state index in [-0.39, 0.29) is 5.97 Å². The quantitative estimate of drug-likeness (QED) is 0.374. The van der Waals surface area contributed by atoms with Crippen molar-refractivity contribution in [2.24, 2.45) is 5.18 Å². The second-order valence-corrected chi connectivity index (χ2v) is 2.86. The summed E-state index contributed by atoms with van der Waals surface area (Å²) in [6.45, 7) is 0. The second kappa shape index (κ2) is 2.97. The van der Waals surface area contributed by atoms with Gasteiger partial charge >= 0.3 is 5.97 Å². The van der Waals surface area contributed by atoms with E-state index in [0.29, 0.717) is 24.3 Å². The Morgan fingerprint density at radius 1 is 1.31 bits per heavy atom. The molecule has 0 saturated carbocycles. The van der Waals surface area contributed by atoms with E-state index in [1.54, 1.807) is 12.1 Å². The Labute approximate surface area is 74.5 Å². The van der Waals surface area contributed by atoms with Gasteiger partial charge < -0.3 is 4.74 Å². The number of hydrogen-bond acceptors (Lipinski definition) is 4. The predicted molar refractivity (Wildman–Crippen MR) is 45.9 cm³/mol. The van der Waals surface area contributed by atoms with Crippen LogP contribution in [0.3, 0.4) is 0 Å². The fourth-order valence-corrected chi connectivity index (χ4v) is 1.33. The van der Waals surface area contributed by atoms with Crippen LogP contribution in [-0.2, 0) is 11.2 Å². The van der Waals surface area contributed by atoms with Crippen molar-refractivity contribution < 1.29 is 9.53 Å². The maximum absolute atomic E-state index is 10.9. The molecule has 0 radical (unpaired) electrons. The lowest BCUT2D eigenvalue weighted by Gasteiger charge is -2.14. The number of nitroso groups, excluding NO2 is 1. The van der Waals surface area contributed by atoms with E-state index in [9.17, 15) is 9.70 Å². The molecule has 13 heavy (non-hydrogen) atoms. The van der Waals surface area contributed by atoms with Gasteiger partial charge in [-0.2, -0.15) is 0 Å². The Balaban J connectivity index is 2.42. The molecule has 0 fully saturated rings. The monoisotopic (exact) mass is 177 g/mol. The molecule has 0 amide bonds. The molecule has 0 unspecified atom stereocenters. The van der Waals surface area contributed by atoms with Crippen molar-refractivity contribution in [1.29, 1.82) is 0 Å². The number of carbonyl (C=O) groups excluding carboxylic acids is 1. The predicted octanol–water partition coefficient (Wildman–Crippen LogP) is 1.94. The number of benzene rings is 1. The van der Waals surface area contributed by atoms with Crippen molar-refractivity contribution in [3.05, 3.63) is 28.7 Å². The third-order valence-electron chi connectivity index (χ3n) is 1.97. The SMILES string of the molecule is O=Nc1ccc2c(c1)CCC(=O)O2. The Morgan fingerprint density at radius 3 is 2.92 bits per heavy atom.